The minimum Gasteiger partial charge on any atom is -0.496 e. The molecule has 0 spiro atoms. The van der Waals surface area contributed by atoms with E-state index in [0.29, 0.717) is 36.4 Å². The number of carbonyl (C=O) groups excluding carboxylic acids is 1. The van der Waals surface area contributed by atoms with E-state index in [2.05, 4.69) is 9.88 Å². The number of carbonyl (C=O) groups is 1. The van der Waals surface area contributed by atoms with E-state index >= 15 is 0 Å². The SMILES string of the molecule is COc1cccc(OC)c1C1CCN(C(=O)C2CN(Cc3ccc(Cl)nc3)c3cc(Cl)ccc32)CC1. The van der Waals surface area contributed by atoms with Crippen LogP contribution in [-0.4, -0.2) is 49.6 Å². The number of amides is 1. The minimum atomic E-state index is -0.227. The van der Waals surface area contributed by atoms with E-state index in [1.165, 1.54) is 0 Å². The smallest absolute Gasteiger partial charge is 0.231 e. The van der Waals surface area contributed by atoms with Gasteiger partial charge in [0.25, 0.3) is 0 Å². The molecule has 3 aromatic rings. The number of nitrogens with zero attached hydrogens (tertiary/aromatic N) is 3. The molecule has 0 bridgehead atoms. The maximum absolute atomic E-state index is 13.8. The number of halogens is 2. The van der Waals surface area contributed by atoms with Crippen molar-refractivity contribution in [3.8, 4) is 11.5 Å². The molecule has 1 aromatic heterocycles. The van der Waals surface area contributed by atoms with Gasteiger partial charge in [0.05, 0.1) is 20.1 Å². The lowest BCUT2D eigenvalue weighted by Gasteiger charge is -2.34. The fourth-order valence-corrected chi connectivity index (χ4v) is 5.75. The number of pyridine rings is 1. The van der Waals surface area contributed by atoms with Crippen LogP contribution in [0.2, 0.25) is 10.2 Å². The minimum absolute atomic E-state index is 0.167. The number of hydrogen-bond acceptors (Lipinski definition) is 5. The van der Waals surface area contributed by atoms with Crippen LogP contribution in [0.4, 0.5) is 5.69 Å². The van der Waals surface area contributed by atoms with Gasteiger partial charge in [0.15, 0.2) is 0 Å². The molecule has 3 heterocycles. The molecule has 0 saturated carbocycles. The third-order valence-electron chi connectivity index (χ3n) is 7.25. The van der Waals surface area contributed by atoms with Crippen molar-refractivity contribution < 1.29 is 14.3 Å². The molecule has 2 aliphatic heterocycles. The van der Waals surface area contributed by atoms with Crippen molar-refractivity contribution in [2.24, 2.45) is 0 Å². The molecule has 1 fully saturated rings. The van der Waals surface area contributed by atoms with Crippen molar-refractivity contribution in [1.82, 2.24) is 9.88 Å². The third kappa shape index (κ3) is 4.84. The Bertz CT molecular complexity index is 1220. The van der Waals surface area contributed by atoms with E-state index in [-0.39, 0.29) is 17.7 Å². The lowest BCUT2D eigenvalue weighted by Crippen LogP contribution is -2.41. The third-order valence-corrected chi connectivity index (χ3v) is 7.71. The van der Waals surface area contributed by atoms with Gasteiger partial charge in [-0.15, -0.1) is 0 Å². The summed E-state index contributed by atoms with van der Waals surface area (Å²) < 4.78 is 11.2. The summed E-state index contributed by atoms with van der Waals surface area (Å²) in [6.07, 6.45) is 3.50. The van der Waals surface area contributed by atoms with Crippen LogP contribution in [0, 0.1) is 0 Å². The number of aromatic nitrogens is 1. The van der Waals surface area contributed by atoms with Crippen molar-refractivity contribution in [2.45, 2.75) is 31.2 Å². The van der Waals surface area contributed by atoms with E-state index < -0.39 is 0 Å². The van der Waals surface area contributed by atoms with E-state index in [1.54, 1.807) is 26.5 Å². The van der Waals surface area contributed by atoms with Gasteiger partial charge in [0.2, 0.25) is 5.91 Å². The maximum Gasteiger partial charge on any atom is 0.231 e. The number of likely N-dealkylation sites (tertiary alicyclic amines) is 1. The highest BCUT2D eigenvalue weighted by atomic mass is 35.5. The van der Waals surface area contributed by atoms with Gasteiger partial charge >= 0.3 is 0 Å². The lowest BCUT2D eigenvalue weighted by molar-refractivity contribution is -0.133. The quantitative estimate of drug-likeness (QED) is 0.374. The van der Waals surface area contributed by atoms with Crippen LogP contribution in [0.1, 0.15) is 41.4 Å². The molecular formula is C28H29Cl2N3O3. The second-order valence-corrected chi connectivity index (χ2v) is 10.1. The number of fused-ring (bicyclic) bond motifs is 1. The van der Waals surface area contributed by atoms with Crippen molar-refractivity contribution in [3.63, 3.8) is 0 Å². The Balaban J connectivity index is 1.32. The fraction of sp³-hybridized carbons (Fsp3) is 0.357. The topological polar surface area (TPSA) is 54.9 Å². The second-order valence-electron chi connectivity index (χ2n) is 9.30. The van der Waals surface area contributed by atoms with Gasteiger partial charge in [-0.2, -0.15) is 0 Å². The molecule has 0 aliphatic carbocycles. The first-order valence-electron chi connectivity index (χ1n) is 12.1. The molecule has 6 nitrogen and oxygen atoms in total. The molecule has 1 saturated heterocycles. The molecule has 2 aliphatic rings. The summed E-state index contributed by atoms with van der Waals surface area (Å²) in [5.74, 6) is 1.90. The summed E-state index contributed by atoms with van der Waals surface area (Å²) in [7, 11) is 3.37. The van der Waals surface area contributed by atoms with Crippen LogP contribution < -0.4 is 14.4 Å². The van der Waals surface area contributed by atoms with Crippen molar-refractivity contribution in [3.05, 3.63) is 81.6 Å². The van der Waals surface area contributed by atoms with Gasteiger partial charge in [-0.25, -0.2) is 4.98 Å². The van der Waals surface area contributed by atoms with Crippen molar-refractivity contribution >= 4 is 34.8 Å². The molecule has 5 rings (SSSR count). The highest BCUT2D eigenvalue weighted by molar-refractivity contribution is 6.31. The first kappa shape index (κ1) is 24.7. The monoisotopic (exact) mass is 525 g/mol. The van der Waals surface area contributed by atoms with E-state index in [9.17, 15) is 4.79 Å². The number of anilines is 1. The fourth-order valence-electron chi connectivity index (χ4n) is 5.47. The number of rotatable bonds is 6. The number of benzene rings is 2. The van der Waals surface area contributed by atoms with Gasteiger partial charge in [-0.05, 0) is 60.2 Å². The summed E-state index contributed by atoms with van der Waals surface area (Å²) in [4.78, 5) is 22.2. The normalized spacial score (nSPS) is 17.7. The van der Waals surface area contributed by atoms with Gasteiger partial charge in [-0.1, -0.05) is 41.4 Å². The molecule has 0 N–H and O–H groups in total. The Morgan fingerprint density at radius 1 is 1.03 bits per heavy atom. The average molecular weight is 526 g/mol. The molecule has 0 radical (unpaired) electrons. The van der Waals surface area contributed by atoms with Crippen molar-refractivity contribution in [1.29, 1.82) is 0 Å². The summed E-state index contributed by atoms with van der Waals surface area (Å²) >= 11 is 12.3. The Hall–Kier alpha value is -2.96. The Labute approximate surface area is 221 Å². The molecule has 188 valence electrons. The zero-order valence-corrected chi connectivity index (χ0v) is 21.9. The number of hydrogen-bond donors (Lipinski definition) is 0. The largest absolute Gasteiger partial charge is 0.496 e. The van der Waals surface area contributed by atoms with Crippen molar-refractivity contribution in [2.75, 3.05) is 38.8 Å². The first-order valence-corrected chi connectivity index (χ1v) is 12.9. The molecule has 1 atom stereocenters. The Morgan fingerprint density at radius 3 is 2.39 bits per heavy atom. The van der Waals surface area contributed by atoms with Crippen LogP contribution in [0.3, 0.4) is 0 Å². The predicted molar refractivity (Wildman–Crippen MR) is 143 cm³/mol. The average Bonchev–Trinajstić information content (AvgIpc) is 3.26. The van der Waals surface area contributed by atoms with Crippen LogP contribution in [-0.2, 0) is 11.3 Å². The van der Waals surface area contributed by atoms with Crippen LogP contribution in [0.5, 0.6) is 11.5 Å². The highest BCUT2D eigenvalue weighted by Gasteiger charge is 2.38. The van der Waals surface area contributed by atoms with E-state index in [0.717, 1.165) is 46.7 Å². The number of methoxy groups -OCH3 is 2. The van der Waals surface area contributed by atoms with Gasteiger partial charge in [0, 0.05) is 48.6 Å². The van der Waals surface area contributed by atoms with Gasteiger partial charge in [0.1, 0.15) is 16.7 Å². The molecule has 8 heteroatoms. The van der Waals surface area contributed by atoms with Gasteiger partial charge < -0.3 is 19.3 Å². The van der Waals surface area contributed by atoms with Crippen LogP contribution in [0.25, 0.3) is 0 Å². The summed E-state index contributed by atoms with van der Waals surface area (Å²) in [5, 5.41) is 1.12. The number of ether oxygens (including phenoxy) is 2. The van der Waals surface area contributed by atoms with E-state index in [4.69, 9.17) is 32.7 Å². The Kier molecular flexibility index (Phi) is 7.26. The molecule has 2 aromatic carbocycles. The summed E-state index contributed by atoms with van der Waals surface area (Å²) in [6.45, 7) is 2.64. The maximum atomic E-state index is 13.8. The zero-order valence-electron chi connectivity index (χ0n) is 20.4. The first-order chi connectivity index (χ1) is 17.5. The molecule has 36 heavy (non-hydrogen) atoms. The molecule has 1 unspecified atom stereocenters. The van der Waals surface area contributed by atoms with Crippen LogP contribution >= 0.6 is 23.2 Å². The summed E-state index contributed by atoms with van der Waals surface area (Å²) in [5.41, 5.74) is 4.16. The van der Waals surface area contributed by atoms with Crippen LogP contribution in [0.15, 0.2) is 54.7 Å². The van der Waals surface area contributed by atoms with Gasteiger partial charge in [-0.3, -0.25) is 4.79 Å². The second kappa shape index (κ2) is 10.6. The lowest BCUT2D eigenvalue weighted by atomic mass is 9.87. The standard InChI is InChI=1S/C28H29Cl2N3O3/c1-35-24-4-3-5-25(36-2)27(24)19-10-12-32(13-11-19)28(34)22-17-33(16-18-6-9-26(30)31-15-18)23-14-20(29)7-8-21(22)23/h3-9,14-15,19,22H,10-13,16-17H2,1-2H3. The predicted octanol–water partition coefficient (Wildman–Crippen LogP) is 5.92. The number of piperidine rings is 1. The molecule has 1 amide bonds. The highest BCUT2D eigenvalue weighted by Crippen LogP contribution is 2.43. The Morgan fingerprint density at radius 2 is 1.75 bits per heavy atom. The zero-order chi connectivity index (χ0) is 25.2. The summed E-state index contributed by atoms with van der Waals surface area (Å²) in [6, 6.07) is 15.5. The van der Waals surface area contributed by atoms with E-state index in [1.807, 2.05) is 47.4 Å². The molecular weight excluding hydrogens is 497 g/mol.